The van der Waals surface area contributed by atoms with Crippen LogP contribution in [0.15, 0.2) is 15.6 Å². The minimum atomic E-state index is 0. The minimum absolute atomic E-state index is 0. The predicted octanol–water partition coefficient (Wildman–Crippen LogP) is 3.61. The van der Waals surface area contributed by atoms with Gasteiger partial charge in [0.25, 0.3) is 0 Å². The number of halogens is 1. The molecule has 2 rings (SSSR count). The van der Waals surface area contributed by atoms with Crippen molar-refractivity contribution in [2.24, 2.45) is 10.9 Å². The molecule has 1 aliphatic heterocycles. The van der Waals surface area contributed by atoms with E-state index in [0.29, 0.717) is 24.4 Å². The molecule has 0 aromatic carbocycles. The number of hydrogen-bond donors (Lipinski definition) is 2. The number of nitrogens with one attached hydrogen (secondary N) is 2. The largest absolute Gasteiger partial charge is 0.379 e. The number of aliphatic imine (C=N–C) groups is 1. The molecule has 0 bridgehead atoms. The van der Waals surface area contributed by atoms with Crippen LogP contribution in [0.1, 0.15) is 64.3 Å². The number of ether oxygens (including phenoxy) is 1. The molecule has 2 heterocycles. The lowest BCUT2D eigenvalue weighted by atomic mass is 9.99. The zero-order chi connectivity index (χ0) is 20.4. The topological polar surface area (TPSA) is 74.9 Å². The van der Waals surface area contributed by atoms with Crippen LogP contribution in [0.5, 0.6) is 0 Å². The molecule has 1 saturated heterocycles. The van der Waals surface area contributed by atoms with Gasteiger partial charge in [-0.25, -0.2) is 0 Å². The van der Waals surface area contributed by atoms with Gasteiger partial charge in [0.2, 0.25) is 0 Å². The highest BCUT2D eigenvalue weighted by Crippen LogP contribution is 2.22. The average molecular weight is 521 g/mol. The molecule has 1 aliphatic rings. The highest BCUT2D eigenvalue weighted by molar-refractivity contribution is 14.0. The Bertz CT molecular complexity index is 583. The summed E-state index contributed by atoms with van der Waals surface area (Å²) in [6.07, 6.45) is 3.32. The van der Waals surface area contributed by atoms with Crippen LogP contribution in [-0.2, 0) is 11.3 Å². The molecule has 1 fully saturated rings. The van der Waals surface area contributed by atoms with Crippen molar-refractivity contribution in [3.63, 3.8) is 0 Å². The van der Waals surface area contributed by atoms with Crippen molar-refractivity contribution in [2.75, 3.05) is 39.9 Å². The summed E-state index contributed by atoms with van der Waals surface area (Å²) in [5.41, 5.74) is 1.05. The Hall–Kier alpha value is -0.870. The Balaban J connectivity index is 0.00000420. The molecule has 8 heteroatoms. The first-order valence-corrected chi connectivity index (χ1v) is 10.8. The van der Waals surface area contributed by atoms with E-state index in [9.17, 15) is 0 Å². The zero-order valence-electron chi connectivity index (χ0n) is 18.7. The lowest BCUT2D eigenvalue weighted by molar-refractivity contribution is 0.0132. The van der Waals surface area contributed by atoms with Crippen LogP contribution in [0.25, 0.3) is 0 Å². The molecule has 0 spiro atoms. The van der Waals surface area contributed by atoms with Crippen molar-refractivity contribution in [1.29, 1.82) is 0 Å². The van der Waals surface area contributed by atoms with Crippen LogP contribution in [-0.4, -0.2) is 62.0 Å². The number of guanidine groups is 1. The van der Waals surface area contributed by atoms with E-state index in [1.807, 2.05) is 0 Å². The van der Waals surface area contributed by atoms with Gasteiger partial charge in [-0.15, -0.1) is 24.0 Å². The molecule has 0 radical (unpaired) electrons. The van der Waals surface area contributed by atoms with Crippen molar-refractivity contribution in [3.05, 3.63) is 17.5 Å². The molecule has 168 valence electrons. The van der Waals surface area contributed by atoms with Gasteiger partial charge in [-0.3, -0.25) is 9.89 Å². The lowest BCUT2D eigenvalue weighted by Crippen LogP contribution is -2.50. The smallest absolute Gasteiger partial charge is 0.191 e. The number of aromatic nitrogens is 1. The molecular weight excluding hydrogens is 481 g/mol. The van der Waals surface area contributed by atoms with Crippen LogP contribution in [0, 0.1) is 5.92 Å². The maximum atomic E-state index is 5.51. The predicted molar refractivity (Wildman–Crippen MR) is 129 cm³/mol. The van der Waals surface area contributed by atoms with E-state index in [0.717, 1.165) is 69.5 Å². The van der Waals surface area contributed by atoms with E-state index in [1.54, 1.807) is 7.05 Å². The summed E-state index contributed by atoms with van der Waals surface area (Å²) in [6, 6.07) is 2.54. The van der Waals surface area contributed by atoms with Gasteiger partial charge in [0, 0.05) is 44.7 Å². The first-order valence-electron chi connectivity index (χ1n) is 10.8. The van der Waals surface area contributed by atoms with Gasteiger partial charge in [-0.05, 0) is 25.2 Å². The second-order valence-corrected chi connectivity index (χ2v) is 7.97. The number of nitrogens with zero attached hydrogens (tertiary/aromatic N) is 3. The van der Waals surface area contributed by atoms with Gasteiger partial charge in [0.05, 0.1) is 25.5 Å². The third kappa shape index (κ3) is 8.80. The van der Waals surface area contributed by atoms with E-state index in [2.05, 4.69) is 59.4 Å². The van der Waals surface area contributed by atoms with Crippen molar-refractivity contribution < 1.29 is 9.26 Å². The molecule has 0 saturated carbocycles. The number of morpholine rings is 1. The Morgan fingerprint density at radius 1 is 1.21 bits per heavy atom. The Labute approximate surface area is 193 Å². The van der Waals surface area contributed by atoms with Crippen LogP contribution in [0.3, 0.4) is 0 Å². The fourth-order valence-corrected chi connectivity index (χ4v) is 3.77. The molecular formula is C21H40IN5O2. The van der Waals surface area contributed by atoms with E-state index in [4.69, 9.17) is 9.26 Å². The average Bonchev–Trinajstić information content (AvgIpc) is 3.17. The highest BCUT2D eigenvalue weighted by Gasteiger charge is 2.22. The fraction of sp³-hybridized carbons (Fsp3) is 0.810. The number of hydrogen-bond acceptors (Lipinski definition) is 5. The maximum absolute atomic E-state index is 5.51. The van der Waals surface area contributed by atoms with E-state index in [-0.39, 0.29) is 24.0 Å². The summed E-state index contributed by atoms with van der Waals surface area (Å²) in [5, 5.41) is 11.1. The molecule has 0 amide bonds. The SMILES string of the molecule is CCC(CC)c1cc(CNC(=NC)NCC(CC(C)C)N2CCOCC2)on1.I. The summed E-state index contributed by atoms with van der Waals surface area (Å²) in [5.74, 6) is 2.77. The molecule has 7 nitrogen and oxygen atoms in total. The third-order valence-electron chi connectivity index (χ3n) is 5.45. The highest BCUT2D eigenvalue weighted by atomic mass is 127. The molecule has 1 aromatic heterocycles. The van der Waals surface area contributed by atoms with Crippen LogP contribution in [0.2, 0.25) is 0 Å². The summed E-state index contributed by atoms with van der Waals surface area (Å²) >= 11 is 0. The van der Waals surface area contributed by atoms with Crippen LogP contribution < -0.4 is 10.6 Å². The van der Waals surface area contributed by atoms with E-state index in [1.165, 1.54) is 0 Å². The van der Waals surface area contributed by atoms with Crippen molar-refractivity contribution >= 4 is 29.9 Å². The molecule has 1 aromatic rings. The third-order valence-corrected chi connectivity index (χ3v) is 5.45. The standard InChI is InChI=1S/C21H39N5O2.HI/c1-6-17(7-2)20-13-19(28-25-20)15-24-21(22-5)23-14-18(12-16(3)4)26-8-10-27-11-9-26;/h13,16-18H,6-12,14-15H2,1-5H3,(H2,22,23,24);1H. The van der Waals surface area contributed by atoms with Gasteiger partial charge in [-0.2, -0.15) is 0 Å². The van der Waals surface area contributed by atoms with Gasteiger partial charge in [0.15, 0.2) is 11.7 Å². The van der Waals surface area contributed by atoms with Crippen LogP contribution >= 0.6 is 24.0 Å². The Kier molecular flexibility index (Phi) is 12.8. The second-order valence-electron chi connectivity index (χ2n) is 7.97. The quantitative estimate of drug-likeness (QED) is 0.279. The maximum Gasteiger partial charge on any atom is 0.191 e. The summed E-state index contributed by atoms with van der Waals surface area (Å²) < 4.78 is 11.0. The summed E-state index contributed by atoms with van der Waals surface area (Å²) in [7, 11) is 1.80. The summed E-state index contributed by atoms with van der Waals surface area (Å²) in [6.45, 7) is 14.0. The molecule has 1 atom stereocenters. The lowest BCUT2D eigenvalue weighted by Gasteiger charge is -2.35. The molecule has 2 N–H and O–H groups in total. The Morgan fingerprint density at radius 3 is 2.48 bits per heavy atom. The fourth-order valence-electron chi connectivity index (χ4n) is 3.77. The van der Waals surface area contributed by atoms with Crippen molar-refractivity contribution in [1.82, 2.24) is 20.7 Å². The van der Waals surface area contributed by atoms with E-state index < -0.39 is 0 Å². The van der Waals surface area contributed by atoms with Gasteiger partial charge < -0.3 is 19.9 Å². The normalized spacial score (nSPS) is 16.7. The molecule has 29 heavy (non-hydrogen) atoms. The van der Waals surface area contributed by atoms with Gasteiger partial charge in [-0.1, -0.05) is 32.9 Å². The summed E-state index contributed by atoms with van der Waals surface area (Å²) in [4.78, 5) is 6.89. The Morgan fingerprint density at radius 2 is 1.90 bits per heavy atom. The monoisotopic (exact) mass is 521 g/mol. The first-order chi connectivity index (χ1) is 13.6. The van der Waals surface area contributed by atoms with Crippen molar-refractivity contribution in [3.8, 4) is 0 Å². The molecule has 1 unspecified atom stereocenters. The number of rotatable bonds is 10. The zero-order valence-corrected chi connectivity index (χ0v) is 21.1. The molecule has 0 aliphatic carbocycles. The first kappa shape index (κ1) is 26.2. The van der Waals surface area contributed by atoms with Gasteiger partial charge >= 0.3 is 0 Å². The van der Waals surface area contributed by atoms with Gasteiger partial charge in [0.1, 0.15) is 0 Å². The minimum Gasteiger partial charge on any atom is -0.379 e. The van der Waals surface area contributed by atoms with Crippen LogP contribution in [0.4, 0.5) is 0 Å². The van der Waals surface area contributed by atoms with E-state index >= 15 is 0 Å². The second kappa shape index (κ2) is 14.2. The van der Waals surface area contributed by atoms with Crippen molar-refractivity contribution in [2.45, 2.75) is 65.5 Å².